The van der Waals surface area contributed by atoms with Crippen LogP contribution in [0.3, 0.4) is 0 Å². The summed E-state index contributed by atoms with van der Waals surface area (Å²) in [5.74, 6) is 1.80. The number of benzene rings is 1. The SMILES string of the molecule is Cl.NC1CCN(C(=O)C2(Cc3ccccc3)CC3CCC2C3)CC1. The number of halogens is 1. The van der Waals surface area contributed by atoms with Gasteiger partial charge < -0.3 is 10.6 Å². The van der Waals surface area contributed by atoms with E-state index < -0.39 is 0 Å². The molecule has 3 fully saturated rings. The minimum absolute atomic E-state index is 0. The summed E-state index contributed by atoms with van der Waals surface area (Å²) in [6, 6.07) is 10.9. The highest BCUT2D eigenvalue weighted by molar-refractivity contribution is 5.85. The van der Waals surface area contributed by atoms with Crippen molar-refractivity contribution in [3.63, 3.8) is 0 Å². The van der Waals surface area contributed by atoms with Crippen molar-refractivity contribution in [1.29, 1.82) is 0 Å². The molecule has 4 rings (SSSR count). The smallest absolute Gasteiger partial charge is 0.229 e. The fraction of sp³-hybridized carbons (Fsp3) is 0.650. The Kier molecular flexibility index (Phi) is 5.22. The highest BCUT2D eigenvalue weighted by Gasteiger charge is 2.56. The predicted molar refractivity (Wildman–Crippen MR) is 99.1 cm³/mol. The van der Waals surface area contributed by atoms with E-state index in [0.29, 0.717) is 11.8 Å². The Balaban J connectivity index is 0.00000169. The average molecular weight is 349 g/mol. The first-order valence-corrected chi connectivity index (χ1v) is 9.26. The number of amides is 1. The second-order valence-corrected chi connectivity index (χ2v) is 8.03. The van der Waals surface area contributed by atoms with Crippen LogP contribution in [0.1, 0.15) is 44.1 Å². The van der Waals surface area contributed by atoms with Crippen LogP contribution in [0.25, 0.3) is 0 Å². The first-order valence-electron chi connectivity index (χ1n) is 9.26. The van der Waals surface area contributed by atoms with Gasteiger partial charge in [-0.3, -0.25) is 4.79 Å². The van der Waals surface area contributed by atoms with E-state index in [-0.39, 0.29) is 23.9 Å². The first kappa shape index (κ1) is 17.8. The van der Waals surface area contributed by atoms with E-state index in [0.717, 1.165) is 44.7 Å². The molecule has 0 spiro atoms. The molecule has 24 heavy (non-hydrogen) atoms. The highest BCUT2D eigenvalue weighted by atomic mass is 35.5. The van der Waals surface area contributed by atoms with Crippen LogP contribution in [0.5, 0.6) is 0 Å². The first-order chi connectivity index (χ1) is 11.2. The number of nitrogens with two attached hydrogens (primary N) is 1. The van der Waals surface area contributed by atoms with E-state index >= 15 is 0 Å². The molecule has 3 atom stereocenters. The Hall–Kier alpha value is -1.06. The summed E-state index contributed by atoms with van der Waals surface area (Å²) in [6.45, 7) is 1.71. The molecule has 132 valence electrons. The van der Waals surface area contributed by atoms with Gasteiger partial charge in [-0.2, -0.15) is 0 Å². The molecule has 3 nitrogen and oxygen atoms in total. The van der Waals surface area contributed by atoms with Crippen molar-refractivity contribution in [2.24, 2.45) is 23.0 Å². The summed E-state index contributed by atoms with van der Waals surface area (Å²) in [5.41, 5.74) is 7.22. The standard InChI is InChI=1S/C20H28N2O.ClH/c21-18-8-10-22(11-9-18)19(23)20(13-15-4-2-1-3-5-15)14-16-6-7-17(20)12-16;/h1-5,16-18H,6-14,21H2;1H. The number of piperidine rings is 1. The maximum Gasteiger partial charge on any atom is 0.229 e. The van der Waals surface area contributed by atoms with Crippen molar-refractivity contribution >= 4 is 18.3 Å². The summed E-state index contributed by atoms with van der Waals surface area (Å²) in [5, 5.41) is 0. The molecule has 0 radical (unpaired) electrons. The molecular weight excluding hydrogens is 320 g/mol. The molecule has 1 aliphatic heterocycles. The number of rotatable bonds is 3. The van der Waals surface area contributed by atoms with Crippen molar-refractivity contribution < 1.29 is 4.79 Å². The van der Waals surface area contributed by atoms with E-state index in [1.807, 2.05) is 0 Å². The molecule has 0 aromatic heterocycles. The number of hydrogen-bond acceptors (Lipinski definition) is 2. The summed E-state index contributed by atoms with van der Waals surface area (Å²) in [4.78, 5) is 15.6. The van der Waals surface area contributed by atoms with Crippen LogP contribution in [0.15, 0.2) is 30.3 Å². The molecule has 2 aliphatic carbocycles. The van der Waals surface area contributed by atoms with Crippen LogP contribution in [0, 0.1) is 17.3 Å². The van der Waals surface area contributed by atoms with Gasteiger partial charge in [0.15, 0.2) is 0 Å². The largest absolute Gasteiger partial charge is 0.342 e. The normalized spacial score (nSPS) is 32.6. The Morgan fingerprint density at radius 3 is 2.42 bits per heavy atom. The van der Waals surface area contributed by atoms with Gasteiger partial charge in [0.25, 0.3) is 0 Å². The zero-order valence-corrected chi connectivity index (χ0v) is 15.1. The van der Waals surface area contributed by atoms with Crippen molar-refractivity contribution in [3.8, 4) is 0 Å². The molecule has 1 heterocycles. The molecule has 3 aliphatic rings. The van der Waals surface area contributed by atoms with E-state index in [4.69, 9.17) is 5.73 Å². The molecule has 1 saturated heterocycles. The van der Waals surface area contributed by atoms with Gasteiger partial charge in [0.2, 0.25) is 5.91 Å². The van der Waals surface area contributed by atoms with Crippen LogP contribution in [0.2, 0.25) is 0 Å². The van der Waals surface area contributed by atoms with Crippen molar-refractivity contribution in [1.82, 2.24) is 4.90 Å². The van der Waals surface area contributed by atoms with Gasteiger partial charge in [0.05, 0.1) is 5.41 Å². The van der Waals surface area contributed by atoms with Crippen LogP contribution in [-0.2, 0) is 11.2 Å². The zero-order valence-electron chi connectivity index (χ0n) is 14.3. The zero-order chi connectivity index (χ0) is 15.9. The van der Waals surface area contributed by atoms with Gasteiger partial charge in [0.1, 0.15) is 0 Å². The molecule has 2 N–H and O–H groups in total. The number of carbonyl (C=O) groups is 1. The summed E-state index contributed by atoms with van der Waals surface area (Å²) in [6.07, 6.45) is 7.80. The van der Waals surface area contributed by atoms with Gasteiger partial charge >= 0.3 is 0 Å². The topological polar surface area (TPSA) is 46.3 Å². The number of carbonyl (C=O) groups excluding carboxylic acids is 1. The lowest BCUT2D eigenvalue weighted by molar-refractivity contribution is -0.146. The maximum absolute atomic E-state index is 13.5. The van der Waals surface area contributed by atoms with E-state index in [9.17, 15) is 4.79 Å². The molecule has 2 bridgehead atoms. The van der Waals surface area contributed by atoms with Crippen LogP contribution >= 0.6 is 12.4 Å². The minimum atomic E-state index is -0.133. The number of fused-ring (bicyclic) bond motifs is 2. The summed E-state index contributed by atoms with van der Waals surface area (Å²) < 4.78 is 0. The molecule has 1 amide bonds. The maximum atomic E-state index is 13.5. The van der Waals surface area contributed by atoms with Crippen molar-refractivity contribution in [2.45, 2.75) is 51.0 Å². The number of likely N-dealkylation sites (tertiary alicyclic amines) is 1. The minimum Gasteiger partial charge on any atom is -0.342 e. The van der Waals surface area contributed by atoms with Crippen molar-refractivity contribution in [3.05, 3.63) is 35.9 Å². The average Bonchev–Trinajstić information content (AvgIpc) is 3.17. The highest BCUT2D eigenvalue weighted by Crippen LogP contribution is 2.58. The fourth-order valence-electron chi connectivity index (χ4n) is 5.38. The lowest BCUT2D eigenvalue weighted by Crippen LogP contribution is -2.52. The van der Waals surface area contributed by atoms with Crippen LogP contribution in [0.4, 0.5) is 0 Å². The van der Waals surface area contributed by atoms with E-state index in [1.165, 1.54) is 24.8 Å². The summed E-state index contributed by atoms with van der Waals surface area (Å²) >= 11 is 0. The molecule has 2 saturated carbocycles. The molecule has 4 heteroatoms. The second kappa shape index (κ2) is 7.05. The molecule has 3 unspecified atom stereocenters. The number of nitrogens with zero attached hydrogens (tertiary/aromatic N) is 1. The molecular formula is C20H29ClN2O. The Bertz CT molecular complexity index is 570. The lowest BCUT2D eigenvalue weighted by atomic mass is 9.68. The van der Waals surface area contributed by atoms with Gasteiger partial charge in [-0.25, -0.2) is 0 Å². The predicted octanol–water partition coefficient (Wildman–Crippen LogP) is 3.41. The Morgan fingerprint density at radius 1 is 1.12 bits per heavy atom. The van der Waals surface area contributed by atoms with Gasteiger partial charge in [-0.15, -0.1) is 12.4 Å². The van der Waals surface area contributed by atoms with E-state index in [1.54, 1.807) is 0 Å². The quantitative estimate of drug-likeness (QED) is 0.909. The monoisotopic (exact) mass is 348 g/mol. The third kappa shape index (κ3) is 3.09. The fourth-order valence-corrected chi connectivity index (χ4v) is 5.38. The summed E-state index contributed by atoms with van der Waals surface area (Å²) in [7, 11) is 0. The van der Waals surface area contributed by atoms with Crippen LogP contribution in [-0.4, -0.2) is 29.9 Å². The van der Waals surface area contributed by atoms with Gasteiger partial charge in [-0.1, -0.05) is 36.8 Å². The van der Waals surface area contributed by atoms with Gasteiger partial charge in [-0.05, 0) is 55.9 Å². The van der Waals surface area contributed by atoms with Gasteiger partial charge in [0, 0.05) is 19.1 Å². The lowest BCUT2D eigenvalue weighted by Gasteiger charge is -2.42. The molecule has 1 aromatic carbocycles. The second-order valence-electron chi connectivity index (χ2n) is 8.03. The third-order valence-corrected chi connectivity index (χ3v) is 6.59. The number of hydrogen-bond donors (Lipinski definition) is 1. The third-order valence-electron chi connectivity index (χ3n) is 6.59. The Labute approximate surface area is 151 Å². The van der Waals surface area contributed by atoms with Crippen LogP contribution < -0.4 is 5.73 Å². The van der Waals surface area contributed by atoms with Crippen molar-refractivity contribution in [2.75, 3.05) is 13.1 Å². The molecule has 1 aromatic rings. The Morgan fingerprint density at radius 2 is 1.83 bits per heavy atom. The van der Waals surface area contributed by atoms with E-state index in [2.05, 4.69) is 35.2 Å².